The van der Waals surface area contributed by atoms with Crippen molar-refractivity contribution in [2.24, 2.45) is 5.92 Å². The summed E-state index contributed by atoms with van der Waals surface area (Å²) < 4.78 is 5.43. The van der Waals surface area contributed by atoms with Crippen molar-refractivity contribution in [2.75, 3.05) is 39.9 Å². The van der Waals surface area contributed by atoms with E-state index in [-0.39, 0.29) is 12.5 Å². The van der Waals surface area contributed by atoms with Crippen molar-refractivity contribution >= 4 is 5.91 Å². The van der Waals surface area contributed by atoms with Crippen LogP contribution in [-0.2, 0) is 9.53 Å². The Bertz CT molecular complexity index is 191. The van der Waals surface area contributed by atoms with Gasteiger partial charge in [0, 0.05) is 20.1 Å². The number of nitrogens with one attached hydrogen (secondary N) is 1. The molecule has 0 saturated carbocycles. The van der Waals surface area contributed by atoms with Crippen LogP contribution in [-0.4, -0.2) is 50.7 Å². The third-order valence-electron chi connectivity index (χ3n) is 2.88. The number of carbonyl (C=O) groups excluding carboxylic acids is 1. The molecular weight excluding hydrogens is 192 g/mol. The van der Waals surface area contributed by atoms with E-state index in [1.54, 1.807) is 11.9 Å². The second kappa shape index (κ2) is 6.80. The fraction of sp³-hybridized carbons (Fsp3) is 0.909. The van der Waals surface area contributed by atoms with Crippen molar-refractivity contribution < 1.29 is 9.53 Å². The van der Waals surface area contributed by atoms with Crippen LogP contribution in [0.4, 0.5) is 0 Å². The van der Waals surface area contributed by atoms with Gasteiger partial charge in [0.1, 0.15) is 6.61 Å². The number of nitrogens with zero attached hydrogens (tertiary/aromatic N) is 1. The van der Waals surface area contributed by atoms with Gasteiger partial charge in [0.25, 0.3) is 0 Å². The van der Waals surface area contributed by atoms with Crippen LogP contribution in [0.15, 0.2) is 0 Å². The quantitative estimate of drug-likeness (QED) is 0.724. The zero-order valence-electron chi connectivity index (χ0n) is 9.79. The molecular formula is C11H22N2O2. The average Bonchev–Trinajstić information content (AvgIpc) is 2.29. The summed E-state index contributed by atoms with van der Waals surface area (Å²) in [5, 5.41) is 3.33. The molecule has 1 unspecified atom stereocenters. The van der Waals surface area contributed by atoms with Crippen molar-refractivity contribution in [3.05, 3.63) is 0 Å². The first kappa shape index (κ1) is 12.5. The van der Waals surface area contributed by atoms with Gasteiger partial charge < -0.3 is 15.0 Å². The standard InChI is InChI=1S/C11H22N2O2/c1-3-13(2)11(14)9-15-8-10-5-4-6-12-7-10/h10,12H,3-9H2,1-2H3. The van der Waals surface area contributed by atoms with Gasteiger partial charge in [0.05, 0.1) is 6.61 Å². The molecule has 4 nitrogen and oxygen atoms in total. The molecule has 1 fully saturated rings. The Morgan fingerprint density at radius 2 is 2.40 bits per heavy atom. The summed E-state index contributed by atoms with van der Waals surface area (Å²) in [6, 6.07) is 0. The van der Waals surface area contributed by atoms with Crippen LogP contribution < -0.4 is 5.32 Å². The topological polar surface area (TPSA) is 41.6 Å². The van der Waals surface area contributed by atoms with Crippen LogP contribution in [0.1, 0.15) is 19.8 Å². The third kappa shape index (κ3) is 4.62. The van der Waals surface area contributed by atoms with E-state index in [4.69, 9.17) is 4.74 Å². The molecule has 0 spiro atoms. The highest BCUT2D eigenvalue weighted by Gasteiger charge is 2.14. The molecule has 1 atom stereocenters. The van der Waals surface area contributed by atoms with Crippen LogP contribution in [0.5, 0.6) is 0 Å². The van der Waals surface area contributed by atoms with Gasteiger partial charge >= 0.3 is 0 Å². The van der Waals surface area contributed by atoms with E-state index in [0.29, 0.717) is 12.5 Å². The molecule has 88 valence electrons. The summed E-state index contributed by atoms with van der Waals surface area (Å²) in [4.78, 5) is 13.1. The summed E-state index contributed by atoms with van der Waals surface area (Å²) in [5.41, 5.74) is 0. The average molecular weight is 214 g/mol. The van der Waals surface area contributed by atoms with E-state index >= 15 is 0 Å². The molecule has 1 heterocycles. The van der Waals surface area contributed by atoms with Crippen LogP contribution in [0.3, 0.4) is 0 Å². The SMILES string of the molecule is CCN(C)C(=O)COCC1CCCNC1. The Hall–Kier alpha value is -0.610. The molecule has 0 aromatic carbocycles. The van der Waals surface area contributed by atoms with E-state index in [9.17, 15) is 4.79 Å². The second-order valence-corrected chi connectivity index (χ2v) is 4.14. The van der Waals surface area contributed by atoms with Gasteiger partial charge in [-0.2, -0.15) is 0 Å². The monoisotopic (exact) mass is 214 g/mol. The molecule has 1 N–H and O–H groups in total. The third-order valence-corrected chi connectivity index (χ3v) is 2.88. The molecule has 4 heteroatoms. The molecule has 1 aliphatic rings. The van der Waals surface area contributed by atoms with Gasteiger partial charge in [-0.3, -0.25) is 4.79 Å². The first-order chi connectivity index (χ1) is 7.24. The number of amides is 1. The zero-order chi connectivity index (χ0) is 11.1. The Kier molecular flexibility index (Phi) is 5.65. The molecule has 1 aliphatic heterocycles. The Labute approximate surface area is 92.0 Å². The highest BCUT2D eigenvalue weighted by atomic mass is 16.5. The summed E-state index contributed by atoms with van der Waals surface area (Å²) in [5.74, 6) is 0.653. The summed E-state index contributed by atoms with van der Waals surface area (Å²) in [6.07, 6.45) is 2.43. The fourth-order valence-electron chi connectivity index (χ4n) is 1.67. The van der Waals surface area contributed by atoms with Crippen LogP contribution in [0.2, 0.25) is 0 Å². The number of ether oxygens (including phenoxy) is 1. The lowest BCUT2D eigenvalue weighted by Crippen LogP contribution is -2.34. The molecule has 0 aromatic rings. The number of hydrogen-bond acceptors (Lipinski definition) is 3. The lowest BCUT2D eigenvalue weighted by Gasteiger charge is -2.22. The molecule has 1 rings (SSSR count). The van der Waals surface area contributed by atoms with Crippen molar-refractivity contribution in [2.45, 2.75) is 19.8 Å². The van der Waals surface area contributed by atoms with Crippen molar-refractivity contribution in [1.29, 1.82) is 0 Å². The summed E-state index contributed by atoms with van der Waals surface area (Å²) in [6.45, 7) is 5.78. The van der Waals surface area contributed by atoms with Gasteiger partial charge in [0.15, 0.2) is 0 Å². The van der Waals surface area contributed by atoms with Crippen LogP contribution in [0.25, 0.3) is 0 Å². The number of carbonyl (C=O) groups is 1. The van der Waals surface area contributed by atoms with Crippen molar-refractivity contribution in [3.63, 3.8) is 0 Å². The minimum Gasteiger partial charge on any atom is -0.371 e. The van der Waals surface area contributed by atoms with Crippen molar-refractivity contribution in [3.8, 4) is 0 Å². The minimum absolute atomic E-state index is 0.0706. The highest BCUT2D eigenvalue weighted by molar-refractivity contribution is 5.77. The van der Waals surface area contributed by atoms with E-state index in [1.807, 2.05) is 6.92 Å². The smallest absolute Gasteiger partial charge is 0.248 e. The Balaban J connectivity index is 2.07. The van der Waals surface area contributed by atoms with Gasteiger partial charge in [-0.1, -0.05) is 0 Å². The lowest BCUT2D eigenvalue weighted by atomic mass is 10.0. The summed E-state index contributed by atoms with van der Waals surface area (Å²) in [7, 11) is 1.80. The van der Waals surface area contributed by atoms with Gasteiger partial charge in [-0.25, -0.2) is 0 Å². The molecule has 0 aliphatic carbocycles. The zero-order valence-corrected chi connectivity index (χ0v) is 9.79. The normalized spacial score (nSPS) is 21.3. The number of piperidine rings is 1. The second-order valence-electron chi connectivity index (χ2n) is 4.14. The molecule has 15 heavy (non-hydrogen) atoms. The molecule has 0 aromatic heterocycles. The minimum atomic E-state index is 0.0706. The van der Waals surface area contributed by atoms with E-state index in [2.05, 4.69) is 5.32 Å². The number of likely N-dealkylation sites (N-methyl/N-ethyl adjacent to an activating group) is 1. The molecule has 0 radical (unpaired) electrons. The van der Waals surface area contributed by atoms with Gasteiger partial charge in [-0.05, 0) is 32.2 Å². The fourth-order valence-corrected chi connectivity index (χ4v) is 1.67. The maximum atomic E-state index is 11.4. The maximum absolute atomic E-state index is 11.4. The molecule has 1 amide bonds. The molecule has 1 saturated heterocycles. The van der Waals surface area contributed by atoms with Crippen molar-refractivity contribution in [1.82, 2.24) is 10.2 Å². The number of rotatable bonds is 5. The predicted molar refractivity (Wildman–Crippen MR) is 59.7 cm³/mol. The van der Waals surface area contributed by atoms with Gasteiger partial charge in [-0.15, -0.1) is 0 Å². The predicted octanol–water partition coefficient (Wildman–Crippen LogP) is 0.481. The van der Waals surface area contributed by atoms with Gasteiger partial charge in [0.2, 0.25) is 5.91 Å². The van der Waals surface area contributed by atoms with Crippen LogP contribution >= 0.6 is 0 Å². The first-order valence-corrected chi connectivity index (χ1v) is 5.76. The molecule has 0 bridgehead atoms. The van der Waals surface area contributed by atoms with Crippen LogP contribution in [0, 0.1) is 5.92 Å². The Morgan fingerprint density at radius 1 is 1.60 bits per heavy atom. The van der Waals surface area contributed by atoms with E-state index in [1.165, 1.54) is 12.8 Å². The largest absolute Gasteiger partial charge is 0.371 e. The maximum Gasteiger partial charge on any atom is 0.248 e. The Morgan fingerprint density at radius 3 is 3.00 bits per heavy atom. The lowest BCUT2D eigenvalue weighted by molar-refractivity contribution is -0.135. The first-order valence-electron chi connectivity index (χ1n) is 5.76. The van der Waals surface area contributed by atoms with E-state index in [0.717, 1.165) is 19.6 Å². The summed E-state index contributed by atoms with van der Waals surface area (Å²) >= 11 is 0. The highest BCUT2D eigenvalue weighted by Crippen LogP contribution is 2.09. The van der Waals surface area contributed by atoms with E-state index < -0.39 is 0 Å². The number of hydrogen-bond donors (Lipinski definition) is 1.